The minimum absolute atomic E-state index is 0.0811. The van der Waals surface area contributed by atoms with E-state index in [-0.39, 0.29) is 11.8 Å². The fraction of sp³-hybridized carbons (Fsp3) is 0.429. The molecule has 0 aliphatic carbocycles. The van der Waals surface area contributed by atoms with Gasteiger partial charge in [-0.3, -0.25) is 9.59 Å². The second-order valence-corrected chi connectivity index (χ2v) is 5.01. The Balaban J connectivity index is 1.71. The van der Waals surface area contributed by atoms with E-state index >= 15 is 0 Å². The molecule has 1 atom stereocenters. The Morgan fingerprint density at radius 3 is 3.00 bits per heavy atom. The summed E-state index contributed by atoms with van der Waals surface area (Å²) in [6, 6.07) is 5.24. The average molecular weight is 259 g/mol. The van der Waals surface area contributed by atoms with Gasteiger partial charge in [-0.15, -0.1) is 0 Å². The molecule has 0 saturated carbocycles. The molecule has 2 heterocycles. The first-order valence-corrected chi connectivity index (χ1v) is 6.69. The lowest BCUT2D eigenvalue weighted by Gasteiger charge is -2.22. The molecule has 0 spiro atoms. The molecule has 2 amide bonds. The SMILES string of the molecule is O=C(NC1CCCNC1=O)c1ccc2c(c1)CCN2. The predicted octanol–water partition coefficient (Wildman–Crippen LogP) is 0.663. The van der Waals surface area contributed by atoms with Crippen LogP contribution >= 0.6 is 0 Å². The number of hydrogen-bond acceptors (Lipinski definition) is 3. The van der Waals surface area contributed by atoms with Crippen LogP contribution in [0.2, 0.25) is 0 Å². The molecule has 100 valence electrons. The minimum atomic E-state index is -0.396. The quantitative estimate of drug-likeness (QED) is 0.731. The molecule has 3 N–H and O–H groups in total. The maximum Gasteiger partial charge on any atom is 0.251 e. The third kappa shape index (κ3) is 2.41. The Morgan fingerprint density at radius 2 is 2.16 bits per heavy atom. The molecule has 0 radical (unpaired) electrons. The van der Waals surface area contributed by atoms with Crippen LogP contribution in [0.1, 0.15) is 28.8 Å². The van der Waals surface area contributed by atoms with Crippen molar-refractivity contribution in [3.05, 3.63) is 29.3 Å². The predicted molar refractivity (Wildman–Crippen MR) is 72.1 cm³/mol. The number of fused-ring (bicyclic) bond motifs is 1. The Morgan fingerprint density at radius 1 is 1.26 bits per heavy atom. The van der Waals surface area contributed by atoms with E-state index in [2.05, 4.69) is 16.0 Å². The van der Waals surface area contributed by atoms with Gasteiger partial charge in [0, 0.05) is 24.3 Å². The van der Waals surface area contributed by atoms with Crippen LogP contribution in [0.5, 0.6) is 0 Å². The zero-order valence-electron chi connectivity index (χ0n) is 10.7. The Kier molecular flexibility index (Phi) is 3.11. The fourth-order valence-corrected chi connectivity index (χ4v) is 2.60. The summed E-state index contributed by atoms with van der Waals surface area (Å²) in [5.74, 6) is -0.251. The van der Waals surface area contributed by atoms with Gasteiger partial charge >= 0.3 is 0 Å². The van der Waals surface area contributed by atoms with Crippen molar-refractivity contribution in [2.24, 2.45) is 0 Å². The molecule has 1 fully saturated rings. The Hall–Kier alpha value is -2.04. The third-order valence-electron chi connectivity index (χ3n) is 3.67. The van der Waals surface area contributed by atoms with Crippen LogP contribution in [-0.2, 0) is 11.2 Å². The number of amides is 2. The van der Waals surface area contributed by atoms with Crippen molar-refractivity contribution in [3.8, 4) is 0 Å². The number of hydrogen-bond donors (Lipinski definition) is 3. The first kappa shape index (κ1) is 12.0. The van der Waals surface area contributed by atoms with Crippen molar-refractivity contribution in [1.29, 1.82) is 0 Å². The fourth-order valence-electron chi connectivity index (χ4n) is 2.60. The average Bonchev–Trinajstić information content (AvgIpc) is 2.88. The standard InChI is InChI=1S/C14H17N3O2/c18-13(17-12-2-1-6-16-14(12)19)10-3-4-11-9(8-10)5-7-15-11/h3-4,8,12,15H,1-2,5-7H2,(H,16,19)(H,17,18). The van der Waals surface area contributed by atoms with Gasteiger partial charge in [0.15, 0.2) is 0 Å². The van der Waals surface area contributed by atoms with Gasteiger partial charge in [0.2, 0.25) is 5.91 Å². The Bertz CT molecular complexity index is 527. The normalized spacial score (nSPS) is 21.3. The van der Waals surface area contributed by atoms with Crippen molar-refractivity contribution in [2.75, 3.05) is 18.4 Å². The van der Waals surface area contributed by atoms with Crippen molar-refractivity contribution in [1.82, 2.24) is 10.6 Å². The first-order chi connectivity index (χ1) is 9.24. The molecule has 5 heteroatoms. The summed E-state index contributed by atoms with van der Waals surface area (Å²) < 4.78 is 0. The highest BCUT2D eigenvalue weighted by Gasteiger charge is 2.24. The molecule has 5 nitrogen and oxygen atoms in total. The second kappa shape index (κ2) is 4.91. The third-order valence-corrected chi connectivity index (χ3v) is 3.67. The summed E-state index contributed by atoms with van der Waals surface area (Å²) in [5.41, 5.74) is 2.90. The van der Waals surface area contributed by atoms with Gasteiger partial charge in [0.1, 0.15) is 6.04 Å². The van der Waals surface area contributed by atoms with E-state index in [1.54, 1.807) is 6.07 Å². The van der Waals surface area contributed by atoms with E-state index in [9.17, 15) is 9.59 Å². The molecule has 2 aliphatic heterocycles. The van der Waals surface area contributed by atoms with Crippen molar-refractivity contribution in [2.45, 2.75) is 25.3 Å². The van der Waals surface area contributed by atoms with Crippen LogP contribution in [0.3, 0.4) is 0 Å². The van der Waals surface area contributed by atoms with Crippen LogP contribution < -0.4 is 16.0 Å². The van der Waals surface area contributed by atoms with Gasteiger partial charge in [-0.1, -0.05) is 0 Å². The first-order valence-electron chi connectivity index (χ1n) is 6.69. The van der Waals surface area contributed by atoms with Gasteiger partial charge in [0.05, 0.1) is 0 Å². The van der Waals surface area contributed by atoms with Gasteiger partial charge < -0.3 is 16.0 Å². The van der Waals surface area contributed by atoms with Gasteiger partial charge in [-0.25, -0.2) is 0 Å². The van der Waals surface area contributed by atoms with Gasteiger partial charge in [0.25, 0.3) is 5.91 Å². The molecule has 1 saturated heterocycles. The van der Waals surface area contributed by atoms with Gasteiger partial charge in [-0.2, -0.15) is 0 Å². The van der Waals surface area contributed by atoms with Crippen LogP contribution in [0.4, 0.5) is 5.69 Å². The van der Waals surface area contributed by atoms with E-state index in [0.717, 1.165) is 25.1 Å². The maximum absolute atomic E-state index is 12.1. The van der Waals surface area contributed by atoms with Crippen molar-refractivity contribution in [3.63, 3.8) is 0 Å². The van der Waals surface area contributed by atoms with Gasteiger partial charge in [-0.05, 0) is 43.0 Å². The zero-order chi connectivity index (χ0) is 13.2. The summed E-state index contributed by atoms with van der Waals surface area (Å²) >= 11 is 0. The van der Waals surface area contributed by atoms with Crippen LogP contribution in [0, 0.1) is 0 Å². The lowest BCUT2D eigenvalue weighted by molar-refractivity contribution is -0.124. The molecule has 19 heavy (non-hydrogen) atoms. The number of carbonyl (C=O) groups is 2. The summed E-state index contributed by atoms with van der Waals surface area (Å²) in [6.07, 6.45) is 2.56. The van der Waals surface area contributed by atoms with Crippen molar-refractivity contribution < 1.29 is 9.59 Å². The van der Waals surface area contributed by atoms with E-state index in [1.807, 2.05) is 12.1 Å². The molecular weight excluding hydrogens is 242 g/mol. The van der Waals surface area contributed by atoms with E-state index < -0.39 is 6.04 Å². The van der Waals surface area contributed by atoms with E-state index in [1.165, 1.54) is 5.56 Å². The monoisotopic (exact) mass is 259 g/mol. The molecule has 1 aromatic carbocycles. The number of anilines is 1. The minimum Gasteiger partial charge on any atom is -0.384 e. The number of benzene rings is 1. The zero-order valence-corrected chi connectivity index (χ0v) is 10.7. The lowest BCUT2D eigenvalue weighted by Crippen LogP contribution is -2.50. The molecule has 2 aliphatic rings. The summed E-state index contributed by atoms with van der Waals surface area (Å²) in [5, 5.41) is 8.83. The van der Waals surface area contributed by atoms with Crippen molar-refractivity contribution >= 4 is 17.5 Å². The second-order valence-electron chi connectivity index (χ2n) is 5.01. The molecule has 0 bridgehead atoms. The molecule has 1 aromatic rings. The molecule has 0 aromatic heterocycles. The summed E-state index contributed by atoms with van der Waals surface area (Å²) in [7, 11) is 0. The lowest BCUT2D eigenvalue weighted by atomic mass is 10.0. The summed E-state index contributed by atoms with van der Waals surface area (Å²) in [4.78, 5) is 23.8. The van der Waals surface area contributed by atoms with Crippen LogP contribution in [-0.4, -0.2) is 30.9 Å². The summed E-state index contributed by atoms with van der Waals surface area (Å²) in [6.45, 7) is 1.63. The molecule has 3 rings (SSSR count). The Labute approximate surface area is 111 Å². The molecule has 1 unspecified atom stereocenters. The highest BCUT2D eigenvalue weighted by molar-refractivity contribution is 5.98. The van der Waals surface area contributed by atoms with E-state index in [4.69, 9.17) is 0 Å². The number of rotatable bonds is 2. The van der Waals surface area contributed by atoms with E-state index in [0.29, 0.717) is 18.5 Å². The highest BCUT2D eigenvalue weighted by atomic mass is 16.2. The maximum atomic E-state index is 12.1. The van der Waals surface area contributed by atoms with Crippen LogP contribution in [0.15, 0.2) is 18.2 Å². The number of carbonyl (C=O) groups excluding carboxylic acids is 2. The smallest absolute Gasteiger partial charge is 0.251 e. The highest BCUT2D eigenvalue weighted by Crippen LogP contribution is 2.23. The number of nitrogens with one attached hydrogen (secondary N) is 3. The number of piperidine rings is 1. The topological polar surface area (TPSA) is 70.2 Å². The largest absolute Gasteiger partial charge is 0.384 e. The van der Waals surface area contributed by atoms with Crippen LogP contribution in [0.25, 0.3) is 0 Å². The molecular formula is C14H17N3O2.